The topological polar surface area (TPSA) is 66.5 Å². The van der Waals surface area contributed by atoms with E-state index in [0.29, 0.717) is 5.56 Å². The van der Waals surface area contributed by atoms with E-state index in [9.17, 15) is 14.4 Å². The molecule has 1 N–H and O–H groups in total. The number of hydrogen-bond acceptors (Lipinski definition) is 3. The maximum Gasteiger partial charge on any atom is 0.270 e. The lowest BCUT2D eigenvalue weighted by Gasteiger charge is -2.18. The number of carbonyl (C=O) groups is 3. The molecule has 6 heteroatoms. The molecule has 1 aliphatic heterocycles. The maximum absolute atomic E-state index is 12.5. The van der Waals surface area contributed by atoms with E-state index in [2.05, 4.69) is 21.4 Å². The number of nitrogens with zero attached hydrogens (tertiary/aromatic N) is 1. The van der Waals surface area contributed by atoms with Crippen molar-refractivity contribution in [2.45, 2.75) is 6.42 Å². The fourth-order valence-electron chi connectivity index (χ4n) is 3.81. The zero-order valence-electron chi connectivity index (χ0n) is 11.5. The second-order valence-corrected chi connectivity index (χ2v) is 6.88. The number of nitrogens with one attached hydrogen (secondary N) is 1. The van der Waals surface area contributed by atoms with Gasteiger partial charge < -0.3 is 0 Å². The highest BCUT2D eigenvalue weighted by atomic mass is 79.9. The Kier molecular flexibility index (Phi) is 2.97. The number of carbonyl (C=O) groups excluding carboxylic acids is 3. The Bertz CT molecular complexity index is 700. The van der Waals surface area contributed by atoms with Gasteiger partial charge in [-0.1, -0.05) is 34.1 Å². The molecule has 0 spiro atoms. The third kappa shape index (κ3) is 1.86. The predicted molar refractivity (Wildman–Crippen MR) is 81.2 cm³/mol. The molecule has 112 valence electrons. The van der Waals surface area contributed by atoms with Crippen molar-refractivity contribution in [1.82, 2.24) is 10.4 Å². The second-order valence-electron chi connectivity index (χ2n) is 5.96. The van der Waals surface area contributed by atoms with Crippen molar-refractivity contribution in [2.24, 2.45) is 23.7 Å². The largest absolute Gasteiger partial charge is 0.272 e. The van der Waals surface area contributed by atoms with Crippen molar-refractivity contribution in [3.8, 4) is 0 Å². The molecule has 2 aliphatic carbocycles. The summed E-state index contributed by atoms with van der Waals surface area (Å²) in [6.45, 7) is 0. The summed E-state index contributed by atoms with van der Waals surface area (Å²) in [6, 6.07) is 6.81. The highest BCUT2D eigenvalue weighted by molar-refractivity contribution is 9.10. The van der Waals surface area contributed by atoms with Gasteiger partial charge in [0.15, 0.2) is 0 Å². The molecular formula is C16H13BrN2O3. The lowest BCUT2D eigenvalue weighted by molar-refractivity contribution is -0.143. The van der Waals surface area contributed by atoms with Crippen LogP contribution in [0.2, 0.25) is 0 Å². The summed E-state index contributed by atoms with van der Waals surface area (Å²) in [5.74, 6) is -1.34. The van der Waals surface area contributed by atoms with Crippen molar-refractivity contribution in [3.05, 3.63) is 46.5 Å². The van der Waals surface area contributed by atoms with Gasteiger partial charge in [0.25, 0.3) is 17.7 Å². The predicted octanol–water partition coefficient (Wildman–Crippen LogP) is 1.90. The summed E-state index contributed by atoms with van der Waals surface area (Å²) < 4.78 is 0.762. The number of fused-ring (bicyclic) bond motifs is 5. The number of allylic oxidation sites excluding steroid dienone is 2. The van der Waals surface area contributed by atoms with Gasteiger partial charge in [0.05, 0.1) is 11.8 Å². The zero-order chi connectivity index (χ0) is 15.4. The summed E-state index contributed by atoms with van der Waals surface area (Å²) in [7, 11) is 0. The van der Waals surface area contributed by atoms with Gasteiger partial charge in [-0.3, -0.25) is 19.8 Å². The lowest BCUT2D eigenvalue weighted by Crippen LogP contribution is -2.47. The van der Waals surface area contributed by atoms with Crippen LogP contribution in [0.25, 0.3) is 0 Å². The normalized spacial score (nSPS) is 31.8. The van der Waals surface area contributed by atoms with Crippen molar-refractivity contribution in [2.75, 3.05) is 0 Å². The van der Waals surface area contributed by atoms with Crippen molar-refractivity contribution >= 4 is 33.7 Å². The van der Waals surface area contributed by atoms with Crippen molar-refractivity contribution in [1.29, 1.82) is 0 Å². The molecule has 22 heavy (non-hydrogen) atoms. The van der Waals surface area contributed by atoms with Crippen molar-refractivity contribution in [3.63, 3.8) is 0 Å². The molecular weight excluding hydrogens is 348 g/mol. The summed E-state index contributed by atoms with van der Waals surface area (Å²) in [5, 5.41) is 0.921. The van der Waals surface area contributed by atoms with Crippen LogP contribution in [0, 0.1) is 23.7 Å². The summed E-state index contributed by atoms with van der Waals surface area (Å²) in [6.07, 6.45) is 4.92. The van der Waals surface area contributed by atoms with E-state index in [-0.39, 0.29) is 35.5 Å². The fourth-order valence-corrected chi connectivity index (χ4v) is 4.21. The van der Waals surface area contributed by atoms with Crippen LogP contribution in [0.15, 0.2) is 40.9 Å². The number of hydrogen-bond donors (Lipinski definition) is 1. The summed E-state index contributed by atoms with van der Waals surface area (Å²) >= 11 is 3.29. The Morgan fingerprint density at radius 3 is 2.36 bits per heavy atom. The number of halogens is 1. The zero-order valence-corrected chi connectivity index (χ0v) is 13.1. The first-order valence-corrected chi connectivity index (χ1v) is 7.98. The van der Waals surface area contributed by atoms with Crippen LogP contribution >= 0.6 is 15.9 Å². The monoisotopic (exact) mass is 360 g/mol. The van der Waals surface area contributed by atoms with Gasteiger partial charge in [0, 0.05) is 10.0 Å². The molecule has 1 saturated heterocycles. The Labute approximate surface area is 135 Å². The first kappa shape index (κ1) is 13.7. The van der Waals surface area contributed by atoms with Crippen LogP contribution in [-0.2, 0) is 9.59 Å². The number of benzene rings is 1. The first-order valence-electron chi connectivity index (χ1n) is 7.19. The van der Waals surface area contributed by atoms with E-state index >= 15 is 0 Å². The van der Waals surface area contributed by atoms with Gasteiger partial charge >= 0.3 is 0 Å². The number of imide groups is 1. The van der Waals surface area contributed by atoms with E-state index in [1.807, 2.05) is 12.2 Å². The average molecular weight is 361 g/mol. The number of amides is 3. The van der Waals surface area contributed by atoms with Crippen LogP contribution in [0.4, 0.5) is 0 Å². The standard InChI is InChI=1S/C16H13BrN2O3/c17-11-3-1-2-10(7-11)14(20)18-19-15(21)12-8-4-5-9(6-8)13(12)16(19)22/h1-5,7-9,12-13H,6H2,(H,18,20)/t8-,9-,12+,13+/m0/s1. The highest BCUT2D eigenvalue weighted by Gasteiger charge is 2.59. The molecule has 3 aliphatic rings. The molecule has 0 radical (unpaired) electrons. The first-order chi connectivity index (χ1) is 10.6. The van der Waals surface area contributed by atoms with Gasteiger partial charge in [-0.25, -0.2) is 0 Å². The molecule has 1 aromatic carbocycles. The van der Waals surface area contributed by atoms with Crippen molar-refractivity contribution < 1.29 is 14.4 Å². The van der Waals surface area contributed by atoms with E-state index in [4.69, 9.17) is 0 Å². The molecule has 3 amide bonds. The molecule has 0 unspecified atom stereocenters. The van der Waals surface area contributed by atoms with Gasteiger partial charge in [0.2, 0.25) is 0 Å². The van der Waals surface area contributed by atoms with E-state index in [1.165, 1.54) is 0 Å². The molecule has 1 heterocycles. The molecule has 4 rings (SSSR count). The van der Waals surface area contributed by atoms with Gasteiger partial charge in [0.1, 0.15) is 0 Å². The Morgan fingerprint density at radius 1 is 1.14 bits per heavy atom. The lowest BCUT2D eigenvalue weighted by atomic mass is 9.85. The molecule has 4 atom stereocenters. The van der Waals surface area contributed by atoms with Gasteiger partial charge in [-0.2, -0.15) is 5.01 Å². The second kappa shape index (κ2) is 4.78. The minimum Gasteiger partial charge on any atom is -0.272 e. The SMILES string of the molecule is O=C(NN1C(=O)[C@H]2[C@H](C1=O)[C@H]1C=C[C@H]2C1)c1cccc(Br)c1. The number of rotatable bonds is 2. The Hall–Kier alpha value is -1.95. The minimum atomic E-state index is -0.455. The molecule has 1 saturated carbocycles. The van der Waals surface area contributed by atoms with Gasteiger partial charge in [-0.15, -0.1) is 0 Å². The van der Waals surface area contributed by atoms with Crippen LogP contribution in [0.5, 0.6) is 0 Å². The Morgan fingerprint density at radius 2 is 1.77 bits per heavy atom. The van der Waals surface area contributed by atoms with Crippen LogP contribution in [0.1, 0.15) is 16.8 Å². The Balaban J connectivity index is 1.56. The molecule has 0 aromatic heterocycles. The summed E-state index contributed by atoms with van der Waals surface area (Å²) in [5.41, 5.74) is 2.86. The smallest absolute Gasteiger partial charge is 0.270 e. The van der Waals surface area contributed by atoms with E-state index < -0.39 is 5.91 Å². The highest BCUT2D eigenvalue weighted by Crippen LogP contribution is 2.52. The maximum atomic E-state index is 12.5. The van der Waals surface area contributed by atoms with E-state index in [0.717, 1.165) is 15.9 Å². The molecule has 5 nitrogen and oxygen atoms in total. The molecule has 2 bridgehead atoms. The van der Waals surface area contributed by atoms with E-state index in [1.54, 1.807) is 24.3 Å². The molecule has 2 fully saturated rings. The quantitative estimate of drug-likeness (QED) is 0.646. The van der Waals surface area contributed by atoms with Crippen LogP contribution < -0.4 is 5.43 Å². The van der Waals surface area contributed by atoms with Crippen LogP contribution in [-0.4, -0.2) is 22.7 Å². The fraction of sp³-hybridized carbons (Fsp3) is 0.312. The summed E-state index contributed by atoms with van der Waals surface area (Å²) in [4.78, 5) is 37.2. The average Bonchev–Trinajstić information content (AvgIpc) is 3.17. The third-order valence-corrected chi connectivity index (χ3v) is 5.26. The minimum absolute atomic E-state index is 0.138. The third-order valence-electron chi connectivity index (χ3n) is 4.77. The van der Waals surface area contributed by atoms with Gasteiger partial charge in [-0.05, 0) is 36.5 Å². The molecule has 1 aromatic rings. The number of hydrazine groups is 1. The van der Waals surface area contributed by atoms with Crippen LogP contribution in [0.3, 0.4) is 0 Å².